The number of likely N-dealkylation sites (tertiary alicyclic amines) is 1. The van der Waals surface area contributed by atoms with Crippen molar-refractivity contribution in [2.45, 2.75) is 38.8 Å². The van der Waals surface area contributed by atoms with Gasteiger partial charge in [0.05, 0.1) is 45.9 Å². The molecule has 0 radical (unpaired) electrons. The lowest BCUT2D eigenvalue weighted by molar-refractivity contribution is -0.146. The molecule has 182 valence electrons. The van der Waals surface area contributed by atoms with Gasteiger partial charge in [0.15, 0.2) is 0 Å². The van der Waals surface area contributed by atoms with Gasteiger partial charge in [-0.1, -0.05) is 13.0 Å². The molecule has 0 spiro atoms. The summed E-state index contributed by atoms with van der Waals surface area (Å²) in [5.41, 5.74) is 3.02. The molecule has 2 N–H and O–H groups in total. The van der Waals surface area contributed by atoms with Gasteiger partial charge in [-0.25, -0.2) is 4.98 Å². The molecular formula is C25H29N7O2S. The van der Waals surface area contributed by atoms with Crippen LogP contribution in [0.5, 0.6) is 0 Å². The summed E-state index contributed by atoms with van der Waals surface area (Å²) in [5.74, 6) is -0.903. The number of carbonyl (C=O) groups excluding carboxylic acids is 2. The Kier molecular flexibility index (Phi) is 6.24. The van der Waals surface area contributed by atoms with Crippen LogP contribution in [0, 0.1) is 5.92 Å². The number of amides is 2. The van der Waals surface area contributed by atoms with Crippen molar-refractivity contribution in [1.82, 2.24) is 30.0 Å². The fourth-order valence-corrected chi connectivity index (χ4v) is 5.66. The van der Waals surface area contributed by atoms with Gasteiger partial charge < -0.3 is 15.1 Å². The summed E-state index contributed by atoms with van der Waals surface area (Å²) in [6, 6.07) is 6.28. The van der Waals surface area contributed by atoms with Crippen molar-refractivity contribution in [1.29, 1.82) is 0 Å². The topological polar surface area (TPSA) is 107 Å². The summed E-state index contributed by atoms with van der Waals surface area (Å²) in [6.45, 7) is 4.78. The minimum atomic E-state index is -0.676. The van der Waals surface area contributed by atoms with Crippen LogP contribution in [0.3, 0.4) is 0 Å². The monoisotopic (exact) mass is 491 g/mol. The Labute approximate surface area is 207 Å². The fraction of sp³-hybridized carbons (Fsp3) is 0.400. The van der Waals surface area contributed by atoms with Crippen LogP contribution in [0.1, 0.15) is 49.3 Å². The van der Waals surface area contributed by atoms with Crippen LogP contribution >= 0.6 is 11.3 Å². The molecule has 1 aliphatic rings. The number of piperidine rings is 1. The highest BCUT2D eigenvalue weighted by atomic mass is 32.1. The summed E-state index contributed by atoms with van der Waals surface area (Å²) in [7, 11) is 4.09. The van der Waals surface area contributed by atoms with E-state index in [1.165, 1.54) is 6.20 Å². The van der Waals surface area contributed by atoms with Crippen molar-refractivity contribution in [3.63, 3.8) is 0 Å². The van der Waals surface area contributed by atoms with Crippen LogP contribution in [-0.4, -0.2) is 62.4 Å². The third-order valence-electron chi connectivity index (χ3n) is 6.82. The van der Waals surface area contributed by atoms with Crippen molar-refractivity contribution in [2.75, 3.05) is 26.0 Å². The number of thiazole rings is 1. The van der Waals surface area contributed by atoms with E-state index < -0.39 is 11.8 Å². The number of nitrogens with zero attached hydrogens (tertiary/aromatic N) is 5. The maximum absolute atomic E-state index is 13.4. The number of fused-ring (bicyclic) bond motifs is 2. The first-order valence-corrected chi connectivity index (χ1v) is 12.6. The first-order chi connectivity index (χ1) is 16.8. The van der Waals surface area contributed by atoms with Gasteiger partial charge in [-0.15, -0.1) is 11.3 Å². The first-order valence-electron chi connectivity index (χ1n) is 11.8. The van der Waals surface area contributed by atoms with Crippen molar-refractivity contribution >= 4 is 50.0 Å². The number of nitrogens with one attached hydrogen (secondary N) is 2. The Morgan fingerprint density at radius 2 is 2.06 bits per heavy atom. The van der Waals surface area contributed by atoms with Gasteiger partial charge in [-0.3, -0.25) is 19.7 Å². The van der Waals surface area contributed by atoms with Crippen molar-refractivity contribution in [3.8, 4) is 0 Å². The number of anilines is 1. The Balaban J connectivity index is 1.41. The van der Waals surface area contributed by atoms with Gasteiger partial charge in [0.25, 0.3) is 0 Å². The normalized spacial score (nSPS) is 19.4. The lowest BCUT2D eigenvalue weighted by atomic mass is 9.89. The number of aromatic nitrogens is 4. The quantitative estimate of drug-likeness (QED) is 0.416. The number of rotatable bonds is 4. The molecule has 0 aliphatic carbocycles. The molecule has 0 saturated carbocycles. The predicted molar refractivity (Wildman–Crippen MR) is 137 cm³/mol. The summed E-state index contributed by atoms with van der Waals surface area (Å²) in [4.78, 5) is 39.3. The number of aromatic amines is 1. The zero-order valence-electron chi connectivity index (χ0n) is 20.3. The molecule has 10 heteroatoms. The highest BCUT2D eigenvalue weighted by Crippen LogP contribution is 2.36. The largest absolute Gasteiger partial charge is 0.327 e. The molecule has 0 bridgehead atoms. The van der Waals surface area contributed by atoms with E-state index in [9.17, 15) is 9.59 Å². The molecule has 3 aromatic heterocycles. The minimum Gasteiger partial charge on any atom is -0.327 e. The van der Waals surface area contributed by atoms with Crippen LogP contribution in [0.25, 0.3) is 21.1 Å². The second kappa shape index (κ2) is 9.35. The Morgan fingerprint density at radius 3 is 2.86 bits per heavy atom. The molecule has 1 fully saturated rings. The van der Waals surface area contributed by atoms with Crippen LogP contribution in [0.4, 0.5) is 5.69 Å². The van der Waals surface area contributed by atoms with E-state index in [0.717, 1.165) is 39.0 Å². The number of benzene rings is 1. The first kappa shape index (κ1) is 23.4. The van der Waals surface area contributed by atoms with E-state index in [1.54, 1.807) is 28.6 Å². The van der Waals surface area contributed by atoms with E-state index in [4.69, 9.17) is 4.98 Å². The Bertz CT molecular complexity index is 1400. The molecule has 0 unspecified atom stereocenters. The highest BCUT2D eigenvalue weighted by Gasteiger charge is 2.34. The van der Waals surface area contributed by atoms with E-state index in [2.05, 4.69) is 57.4 Å². The summed E-state index contributed by atoms with van der Waals surface area (Å²) < 4.78 is 1.12. The van der Waals surface area contributed by atoms with Crippen LogP contribution < -0.4 is 5.32 Å². The zero-order chi connectivity index (χ0) is 24.7. The van der Waals surface area contributed by atoms with Gasteiger partial charge in [0, 0.05) is 18.1 Å². The van der Waals surface area contributed by atoms with Gasteiger partial charge >= 0.3 is 11.8 Å². The van der Waals surface area contributed by atoms with E-state index in [1.807, 2.05) is 14.1 Å². The van der Waals surface area contributed by atoms with Gasteiger partial charge in [-0.2, -0.15) is 5.10 Å². The molecule has 5 rings (SSSR count). The number of carbonyl (C=O) groups is 2. The smallest absolute Gasteiger partial charge is 0.314 e. The minimum absolute atomic E-state index is 0.175. The maximum Gasteiger partial charge on any atom is 0.314 e. The molecule has 3 atom stereocenters. The SMILES string of the molecule is C[C@H]1CC[C@H](c2ccc3sc([C@@H](C)N(C)C)nc3c2)N(C(=O)C(=O)Nc2cncc3cn[nH]c23)C1. The molecule has 1 saturated heterocycles. The standard InChI is InChI=1S/C25H29N7O2S/c1-14-5-7-20(16-6-8-21-18(9-16)29-24(35-21)15(2)31(3)4)32(13-14)25(34)23(33)28-19-12-26-10-17-11-27-30-22(17)19/h6,8-12,14-15,20H,5,7,13H2,1-4H3,(H,27,30)(H,28,33)/t14-,15+,20+/m0/s1. The molecule has 1 aliphatic heterocycles. The van der Waals surface area contributed by atoms with Crippen molar-refractivity contribution in [3.05, 3.63) is 47.4 Å². The van der Waals surface area contributed by atoms with Crippen LogP contribution in [0.2, 0.25) is 0 Å². The second-order valence-electron chi connectivity index (χ2n) is 9.55. The lowest BCUT2D eigenvalue weighted by Gasteiger charge is -2.38. The zero-order valence-corrected chi connectivity index (χ0v) is 21.1. The molecule has 4 heterocycles. The summed E-state index contributed by atoms with van der Waals surface area (Å²) in [5, 5.41) is 11.4. The Morgan fingerprint density at radius 1 is 1.23 bits per heavy atom. The van der Waals surface area contributed by atoms with Gasteiger partial charge in [0.1, 0.15) is 5.01 Å². The number of hydrogen-bond acceptors (Lipinski definition) is 7. The average Bonchev–Trinajstić information content (AvgIpc) is 3.50. The van der Waals surface area contributed by atoms with Gasteiger partial charge in [0.2, 0.25) is 0 Å². The maximum atomic E-state index is 13.4. The molecule has 4 aromatic rings. The van der Waals surface area contributed by atoms with E-state index in [-0.39, 0.29) is 12.1 Å². The highest BCUT2D eigenvalue weighted by molar-refractivity contribution is 7.18. The molecule has 9 nitrogen and oxygen atoms in total. The molecule has 1 aromatic carbocycles. The van der Waals surface area contributed by atoms with Crippen molar-refractivity contribution in [2.24, 2.45) is 5.92 Å². The fourth-order valence-electron chi connectivity index (χ4n) is 4.56. The van der Waals surface area contributed by atoms with Gasteiger partial charge in [-0.05, 0) is 57.5 Å². The third kappa shape index (κ3) is 4.51. The number of pyridine rings is 1. The number of H-pyrrole nitrogens is 1. The third-order valence-corrected chi connectivity index (χ3v) is 8.03. The summed E-state index contributed by atoms with van der Waals surface area (Å²) in [6.07, 6.45) is 6.59. The van der Waals surface area contributed by atoms with Crippen LogP contribution in [-0.2, 0) is 9.59 Å². The van der Waals surface area contributed by atoms with E-state index in [0.29, 0.717) is 23.7 Å². The number of hydrogen-bond donors (Lipinski definition) is 2. The molecular weight excluding hydrogens is 462 g/mol. The molecule has 35 heavy (non-hydrogen) atoms. The lowest BCUT2D eigenvalue weighted by Crippen LogP contribution is -2.46. The van der Waals surface area contributed by atoms with Crippen molar-refractivity contribution < 1.29 is 9.59 Å². The predicted octanol–water partition coefficient (Wildman–Crippen LogP) is 4.13. The summed E-state index contributed by atoms with van der Waals surface area (Å²) >= 11 is 1.69. The second-order valence-corrected chi connectivity index (χ2v) is 10.6. The van der Waals surface area contributed by atoms with Crippen LogP contribution in [0.15, 0.2) is 36.8 Å². The average molecular weight is 492 g/mol. The molecule has 2 amide bonds. The Hall–Kier alpha value is -3.37. The van der Waals surface area contributed by atoms with E-state index >= 15 is 0 Å².